The summed E-state index contributed by atoms with van der Waals surface area (Å²) in [6.45, 7) is 9.80. The molecule has 0 aliphatic heterocycles. The highest BCUT2D eigenvalue weighted by Gasteiger charge is 2.13. The fourth-order valence-corrected chi connectivity index (χ4v) is 2.40. The van der Waals surface area contributed by atoms with Crippen molar-refractivity contribution in [1.82, 2.24) is 4.98 Å². The molecule has 1 heterocycles. The van der Waals surface area contributed by atoms with Crippen LogP contribution in [0.5, 0.6) is 5.75 Å². The Labute approximate surface area is 143 Å². The van der Waals surface area contributed by atoms with Crippen LogP contribution in [-0.2, 0) is 4.79 Å². The average molecular weight is 327 g/mol. The lowest BCUT2D eigenvalue weighted by Crippen LogP contribution is -2.23. The minimum atomic E-state index is -0.178. The van der Waals surface area contributed by atoms with E-state index in [2.05, 4.69) is 41.6 Å². The number of aromatic hydroxyl groups is 1. The van der Waals surface area contributed by atoms with Gasteiger partial charge in [-0.2, -0.15) is 0 Å². The van der Waals surface area contributed by atoms with E-state index >= 15 is 0 Å². The van der Waals surface area contributed by atoms with E-state index in [9.17, 15) is 9.90 Å². The molecular formula is C19H25N3O2. The molecule has 1 amide bonds. The predicted octanol–water partition coefficient (Wildman–Crippen LogP) is 3.89. The fraction of sp³-hybridized carbons (Fsp3) is 0.368. The summed E-state index contributed by atoms with van der Waals surface area (Å²) in [6, 6.07) is 8.06. The highest BCUT2D eigenvalue weighted by molar-refractivity contribution is 5.93. The van der Waals surface area contributed by atoms with Crippen molar-refractivity contribution in [3.05, 3.63) is 46.6 Å². The van der Waals surface area contributed by atoms with Crippen LogP contribution in [0.4, 0.5) is 11.5 Å². The number of carbonyl (C=O) groups is 1. The van der Waals surface area contributed by atoms with Crippen LogP contribution in [0.15, 0.2) is 24.3 Å². The third kappa shape index (κ3) is 4.04. The topological polar surface area (TPSA) is 74.2 Å². The highest BCUT2D eigenvalue weighted by atomic mass is 16.3. The number of benzene rings is 1. The molecule has 0 aliphatic rings. The van der Waals surface area contributed by atoms with Crippen LogP contribution in [0.2, 0.25) is 0 Å². The van der Waals surface area contributed by atoms with E-state index in [4.69, 9.17) is 0 Å². The molecule has 1 aromatic carbocycles. The van der Waals surface area contributed by atoms with Gasteiger partial charge in [-0.1, -0.05) is 26.0 Å². The van der Waals surface area contributed by atoms with Gasteiger partial charge < -0.3 is 15.7 Å². The molecule has 0 unspecified atom stereocenters. The monoisotopic (exact) mass is 327 g/mol. The Bertz CT molecular complexity index is 737. The molecule has 0 atom stereocenters. The standard InChI is InChI=1S/C19H25N3O2/c1-11(2)15-6-8-16(9-7-15)20-10-17(23)22-19-13(4)12(3)18(24)14(5)21-19/h6-9,11,20,24H,10H2,1-5H3,(H,21,22,23). The summed E-state index contributed by atoms with van der Waals surface area (Å²) in [7, 11) is 0. The molecule has 5 heteroatoms. The van der Waals surface area contributed by atoms with E-state index in [-0.39, 0.29) is 18.2 Å². The van der Waals surface area contributed by atoms with Gasteiger partial charge in [-0.05, 0) is 55.5 Å². The molecule has 5 nitrogen and oxygen atoms in total. The van der Waals surface area contributed by atoms with Crippen molar-refractivity contribution in [3.63, 3.8) is 0 Å². The first-order valence-corrected chi connectivity index (χ1v) is 8.10. The molecule has 0 saturated heterocycles. The summed E-state index contributed by atoms with van der Waals surface area (Å²) in [6.07, 6.45) is 0. The van der Waals surface area contributed by atoms with E-state index in [0.717, 1.165) is 16.8 Å². The van der Waals surface area contributed by atoms with Crippen LogP contribution in [0.1, 0.15) is 42.1 Å². The minimum absolute atomic E-state index is 0.154. The number of hydrogen-bond acceptors (Lipinski definition) is 4. The smallest absolute Gasteiger partial charge is 0.244 e. The number of hydrogen-bond donors (Lipinski definition) is 3. The van der Waals surface area contributed by atoms with Crippen LogP contribution in [-0.4, -0.2) is 22.5 Å². The Morgan fingerprint density at radius 1 is 1.12 bits per heavy atom. The molecule has 128 valence electrons. The number of nitrogens with one attached hydrogen (secondary N) is 2. The maximum Gasteiger partial charge on any atom is 0.244 e. The van der Waals surface area contributed by atoms with Gasteiger partial charge in [-0.3, -0.25) is 4.79 Å². The van der Waals surface area contributed by atoms with E-state index in [0.29, 0.717) is 17.4 Å². The molecule has 2 aromatic rings. The van der Waals surface area contributed by atoms with Crippen molar-refractivity contribution in [1.29, 1.82) is 0 Å². The lowest BCUT2D eigenvalue weighted by molar-refractivity contribution is -0.114. The number of amides is 1. The molecule has 0 bridgehead atoms. The minimum Gasteiger partial charge on any atom is -0.506 e. The van der Waals surface area contributed by atoms with Gasteiger partial charge in [0.1, 0.15) is 11.6 Å². The SMILES string of the molecule is Cc1nc(NC(=O)CNc2ccc(C(C)C)cc2)c(C)c(C)c1O. The number of nitrogens with zero attached hydrogens (tertiary/aromatic N) is 1. The normalized spacial score (nSPS) is 10.8. The first-order valence-electron chi connectivity index (χ1n) is 8.10. The van der Waals surface area contributed by atoms with Crippen molar-refractivity contribution in [3.8, 4) is 5.75 Å². The van der Waals surface area contributed by atoms with Gasteiger partial charge in [-0.25, -0.2) is 4.98 Å². The predicted molar refractivity (Wildman–Crippen MR) is 97.8 cm³/mol. The number of anilines is 2. The number of pyridine rings is 1. The molecule has 0 saturated carbocycles. The van der Waals surface area contributed by atoms with Crippen molar-refractivity contribution in [2.45, 2.75) is 40.5 Å². The fourth-order valence-electron chi connectivity index (χ4n) is 2.40. The zero-order valence-electron chi connectivity index (χ0n) is 14.9. The van der Waals surface area contributed by atoms with Gasteiger partial charge in [-0.15, -0.1) is 0 Å². The zero-order valence-corrected chi connectivity index (χ0v) is 14.9. The first kappa shape index (κ1) is 17.8. The molecule has 0 aliphatic carbocycles. The van der Waals surface area contributed by atoms with Crippen molar-refractivity contribution < 1.29 is 9.90 Å². The third-order valence-electron chi connectivity index (χ3n) is 4.18. The van der Waals surface area contributed by atoms with E-state index in [1.165, 1.54) is 5.56 Å². The molecule has 0 spiro atoms. The van der Waals surface area contributed by atoms with E-state index in [1.54, 1.807) is 6.92 Å². The largest absolute Gasteiger partial charge is 0.506 e. The van der Waals surface area contributed by atoms with Gasteiger partial charge in [0, 0.05) is 5.69 Å². The molecular weight excluding hydrogens is 302 g/mol. The van der Waals surface area contributed by atoms with Crippen LogP contribution in [0.3, 0.4) is 0 Å². The number of rotatable bonds is 5. The Morgan fingerprint density at radius 3 is 2.33 bits per heavy atom. The van der Waals surface area contributed by atoms with Gasteiger partial charge in [0.15, 0.2) is 0 Å². The second-order valence-corrected chi connectivity index (χ2v) is 6.32. The molecule has 1 aromatic heterocycles. The summed E-state index contributed by atoms with van der Waals surface area (Å²) in [5.41, 5.74) is 4.17. The summed E-state index contributed by atoms with van der Waals surface area (Å²) < 4.78 is 0. The molecule has 24 heavy (non-hydrogen) atoms. The summed E-state index contributed by atoms with van der Waals surface area (Å²) in [5, 5.41) is 15.8. The van der Waals surface area contributed by atoms with E-state index < -0.39 is 0 Å². The average Bonchev–Trinajstić information content (AvgIpc) is 2.56. The Morgan fingerprint density at radius 2 is 1.75 bits per heavy atom. The number of carbonyl (C=O) groups excluding carboxylic acids is 1. The number of aromatic nitrogens is 1. The van der Waals surface area contributed by atoms with Gasteiger partial charge in [0.2, 0.25) is 5.91 Å². The summed E-state index contributed by atoms with van der Waals surface area (Å²) in [4.78, 5) is 16.4. The Kier molecular flexibility index (Phi) is 5.44. The first-order chi connectivity index (χ1) is 11.3. The quantitative estimate of drug-likeness (QED) is 0.779. The molecule has 3 N–H and O–H groups in total. The van der Waals surface area contributed by atoms with E-state index in [1.807, 2.05) is 26.0 Å². The summed E-state index contributed by atoms with van der Waals surface area (Å²) in [5.74, 6) is 0.971. The second-order valence-electron chi connectivity index (χ2n) is 6.32. The van der Waals surface area contributed by atoms with Crippen molar-refractivity contribution in [2.75, 3.05) is 17.2 Å². The van der Waals surface area contributed by atoms with Gasteiger partial charge in [0.25, 0.3) is 0 Å². The second kappa shape index (κ2) is 7.34. The van der Waals surface area contributed by atoms with Crippen LogP contribution in [0.25, 0.3) is 0 Å². The van der Waals surface area contributed by atoms with Gasteiger partial charge in [0.05, 0.1) is 12.2 Å². The number of aryl methyl sites for hydroxylation is 1. The molecule has 2 rings (SSSR count). The Hall–Kier alpha value is -2.56. The molecule has 0 radical (unpaired) electrons. The van der Waals surface area contributed by atoms with Crippen molar-refractivity contribution in [2.24, 2.45) is 0 Å². The maximum absolute atomic E-state index is 12.1. The Balaban J connectivity index is 1.99. The van der Waals surface area contributed by atoms with Crippen LogP contribution in [0, 0.1) is 20.8 Å². The third-order valence-corrected chi connectivity index (χ3v) is 4.18. The van der Waals surface area contributed by atoms with Crippen LogP contribution >= 0.6 is 0 Å². The summed E-state index contributed by atoms with van der Waals surface area (Å²) >= 11 is 0. The highest BCUT2D eigenvalue weighted by Crippen LogP contribution is 2.27. The van der Waals surface area contributed by atoms with Gasteiger partial charge >= 0.3 is 0 Å². The van der Waals surface area contributed by atoms with Crippen molar-refractivity contribution >= 4 is 17.4 Å². The lowest BCUT2D eigenvalue weighted by Gasteiger charge is -2.13. The van der Waals surface area contributed by atoms with Crippen LogP contribution < -0.4 is 10.6 Å². The zero-order chi connectivity index (χ0) is 17.9. The molecule has 0 fully saturated rings. The lowest BCUT2D eigenvalue weighted by atomic mass is 10.0. The maximum atomic E-state index is 12.1.